The van der Waals surface area contributed by atoms with Gasteiger partial charge >= 0.3 is 6.18 Å². The van der Waals surface area contributed by atoms with Gasteiger partial charge in [-0.25, -0.2) is 9.97 Å². The third-order valence-electron chi connectivity index (χ3n) is 5.44. The maximum Gasteiger partial charge on any atom is 0.417 e. The summed E-state index contributed by atoms with van der Waals surface area (Å²) in [5, 5.41) is 3.22. The average Bonchev–Trinajstić information content (AvgIpc) is 3.18. The van der Waals surface area contributed by atoms with Gasteiger partial charge in [-0.3, -0.25) is 0 Å². The van der Waals surface area contributed by atoms with Crippen LogP contribution < -0.4 is 20.7 Å². The molecule has 11 heteroatoms. The van der Waals surface area contributed by atoms with Crippen molar-refractivity contribution in [1.82, 2.24) is 20.3 Å². The van der Waals surface area contributed by atoms with Crippen molar-refractivity contribution in [1.29, 1.82) is 0 Å². The van der Waals surface area contributed by atoms with E-state index in [-0.39, 0.29) is 27.3 Å². The fourth-order valence-corrected chi connectivity index (χ4v) is 4.95. The Balaban J connectivity index is 1.79. The van der Waals surface area contributed by atoms with Gasteiger partial charge in [0.25, 0.3) is 0 Å². The van der Waals surface area contributed by atoms with Gasteiger partial charge in [0.05, 0.1) is 23.3 Å². The molecule has 3 aromatic heterocycles. The first kappa shape index (κ1) is 21.7. The van der Waals surface area contributed by atoms with E-state index < -0.39 is 11.7 Å². The van der Waals surface area contributed by atoms with Gasteiger partial charge in [-0.15, -0.1) is 11.3 Å². The minimum Gasteiger partial charge on any atom is -0.477 e. The van der Waals surface area contributed by atoms with Crippen molar-refractivity contribution < 1.29 is 17.9 Å². The van der Waals surface area contributed by atoms with Crippen LogP contribution in [0.2, 0.25) is 0 Å². The number of halogens is 3. The summed E-state index contributed by atoms with van der Waals surface area (Å²) in [6, 6.07) is 7.67. The van der Waals surface area contributed by atoms with Crippen LogP contribution in [-0.2, 0) is 6.18 Å². The van der Waals surface area contributed by atoms with E-state index in [2.05, 4.69) is 20.3 Å². The summed E-state index contributed by atoms with van der Waals surface area (Å²) in [4.78, 5) is 15.9. The van der Waals surface area contributed by atoms with Crippen molar-refractivity contribution >= 4 is 43.4 Å². The Bertz CT molecular complexity index is 1320. The predicted molar refractivity (Wildman–Crippen MR) is 124 cm³/mol. The SMILES string of the molecule is CCOc1nc(N2CCNCC2)nc2c1sc1nc(-c3ccc(N)cc3)cc(C(F)(F)F)c12. The molecule has 1 aliphatic rings. The number of alkyl halides is 3. The number of hydrogen-bond acceptors (Lipinski definition) is 8. The number of nitrogen functional groups attached to an aromatic ring is 1. The zero-order chi connectivity index (χ0) is 23.2. The molecule has 1 fully saturated rings. The smallest absolute Gasteiger partial charge is 0.417 e. The molecule has 5 rings (SSSR count). The Labute approximate surface area is 191 Å². The van der Waals surface area contributed by atoms with Crippen molar-refractivity contribution in [2.24, 2.45) is 0 Å². The second-order valence-corrected chi connectivity index (χ2v) is 8.63. The summed E-state index contributed by atoms with van der Waals surface area (Å²) in [6.45, 7) is 4.95. The van der Waals surface area contributed by atoms with Crippen molar-refractivity contribution in [3.63, 3.8) is 0 Å². The molecule has 0 saturated carbocycles. The van der Waals surface area contributed by atoms with E-state index in [1.54, 1.807) is 24.3 Å². The number of nitrogens with two attached hydrogens (primary N) is 1. The van der Waals surface area contributed by atoms with Gasteiger partial charge in [-0.2, -0.15) is 18.2 Å². The van der Waals surface area contributed by atoms with Crippen LogP contribution in [0, 0.1) is 0 Å². The summed E-state index contributed by atoms with van der Waals surface area (Å²) in [7, 11) is 0. The molecule has 0 unspecified atom stereocenters. The van der Waals surface area contributed by atoms with Crippen LogP contribution in [0.5, 0.6) is 5.88 Å². The number of nitrogens with zero attached hydrogens (tertiary/aromatic N) is 4. The number of pyridine rings is 1. The quantitative estimate of drug-likeness (QED) is 0.426. The average molecular weight is 475 g/mol. The molecule has 0 bridgehead atoms. The topological polar surface area (TPSA) is 89.2 Å². The van der Waals surface area contributed by atoms with Crippen LogP contribution in [0.1, 0.15) is 12.5 Å². The Morgan fingerprint density at radius 1 is 1.12 bits per heavy atom. The van der Waals surface area contributed by atoms with Crippen LogP contribution >= 0.6 is 11.3 Å². The fourth-order valence-electron chi connectivity index (χ4n) is 3.87. The highest BCUT2D eigenvalue weighted by molar-refractivity contribution is 7.25. The van der Waals surface area contributed by atoms with Crippen LogP contribution in [0.4, 0.5) is 24.8 Å². The Kier molecular flexibility index (Phi) is 5.45. The number of aromatic nitrogens is 3. The molecule has 33 heavy (non-hydrogen) atoms. The van der Waals surface area contributed by atoms with Crippen molar-refractivity contribution in [3.8, 4) is 17.1 Å². The highest BCUT2D eigenvalue weighted by Gasteiger charge is 2.36. The zero-order valence-corrected chi connectivity index (χ0v) is 18.6. The normalized spacial score (nSPS) is 14.8. The molecule has 1 aliphatic heterocycles. The lowest BCUT2D eigenvalue weighted by Crippen LogP contribution is -2.44. The molecule has 0 radical (unpaired) electrons. The molecule has 1 aromatic carbocycles. The second kappa shape index (κ2) is 8.31. The minimum absolute atomic E-state index is 0.0265. The molecule has 0 aliphatic carbocycles. The summed E-state index contributed by atoms with van der Waals surface area (Å²) in [5.41, 5.74) is 6.45. The van der Waals surface area contributed by atoms with Crippen LogP contribution in [0.25, 0.3) is 31.7 Å². The lowest BCUT2D eigenvalue weighted by Gasteiger charge is -2.27. The summed E-state index contributed by atoms with van der Waals surface area (Å²) < 4.78 is 48.9. The molecule has 0 atom stereocenters. The molecule has 3 N–H and O–H groups in total. The minimum atomic E-state index is -4.59. The molecular weight excluding hydrogens is 453 g/mol. The lowest BCUT2D eigenvalue weighted by molar-refractivity contribution is -0.136. The Morgan fingerprint density at radius 3 is 2.52 bits per heavy atom. The first-order chi connectivity index (χ1) is 15.8. The van der Waals surface area contributed by atoms with Crippen molar-refractivity contribution in [2.45, 2.75) is 13.1 Å². The van der Waals surface area contributed by atoms with E-state index in [1.807, 2.05) is 11.8 Å². The Hall–Kier alpha value is -3.18. The van der Waals surface area contributed by atoms with E-state index in [0.29, 0.717) is 41.6 Å². The number of anilines is 2. The van der Waals surface area contributed by atoms with Crippen LogP contribution in [-0.4, -0.2) is 47.7 Å². The maximum atomic E-state index is 14.3. The van der Waals surface area contributed by atoms with E-state index in [9.17, 15) is 13.2 Å². The maximum absolute atomic E-state index is 14.3. The van der Waals surface area contributed by atoms with E-state index in [0.717, 1.165) is 30.5 Å². The highest BCUT2D eigenvalue weighted by Crippen LogP contribution is 2.45. The van der Waals surface area contributed by atoms with Gasteiger partial charge < -0.3 is 20.7 Å². The number of benzene rings is 1. The number of rotatable bonds is 4. The monoisotopic (exact) mass is 474 g/mol. The first-order valence-corrected chi connectivity index (χ1v) is 11.3. The summed E-state index contributed by atoms with van der Waals surface area (Å²) in [6.07, 6.45) is -4.59. The van der Waals surface area contributed by atoms with Gasteiger partial charge in [0.1, 0.15) is 15.0 Å². The van der Waals surface area contributed by atoms with E-state index in [1.165, 1.54) is 0 Å². The molecule has 172 valence electrons. The molecule has 1 saturated heterocycles. The molecule has 0 amide bonds. The molecule has 4 aromatic rings. The first-order valence-electron chi connectivity index (χ1n) is 10.5. The fraction of sp³-hybridized carbons (Fsp3) is 0.318. The third-order valence-corrected chi connectivity index (χ3v) is 6.50. The third kappa shape index (κ3) is 4.02. The van der Waals surface area contributed by atoms with Gasteiger partial charge in [-0.1, -0.05) is 12.1 Å². The summed E-state index contributed by atoms with van der Waals surface area (Å²) in [5.74, 6) is 0.643. The number of piperazine rings is 1. The van der Waals surface area contributed by atoms with Crippen molar-refractivity contribution in [2.75, 3.05) is 43.4 Å². The van der Waals surface area contributed by atoms with E-state index in [4.69, 9.17) is 10.5 Å². The van der Waals surface area contributed by atoms with Crippen LogP contribution in [0.3, 0.4) is 0 Å². The lowest BCUT2D eigenvalue weighted by atomic mass is 10.1. The number of ether oxygens (including phenoxy) is 1. The van der Waals surface area contributed by atoms with Crippen LogP contribution in [0.15, 0.2) is 30.3 Å². The van der Waals surface area contributed by atoms with Crippen molar-refractivity contribution in [3.05, 3.63) is 35.9 Å². The second-order valence-electron chi connectivity index (χ2n) is 7.63. The molecular formula is C22H21F3N6OS. The van der Waals surface area contributed by atoms with E-state index >= 15 is 0 Å². The number of hydrogen-bond donors (Lipinski definition) is 2. The Morgan fingerprint density at radius 2 is 1.85 bits per heavy atom. The highest BCUT2D eigenvalue weighted by atomic mass is 32.1. The van der Waals surface area contributed by atoms with Gasteiger partial charge in [0.2, 0.25) is 11.8 Å². The largest absolute Gasteiger partial charge is 0.477 e. The van der Waals surface area contributed by atoms with Gasteiger partial charge in [-0.05, 0) is 25.1 Å². The number of thiophene rings is 1. The van der Waals surface area contributed by atoms with Gasteiger partial charge in [0, 0.05) is 37.4 Å². The van der Waals surface area contributed by atoms with Gasteiger partial charge in [0.15, 0.2) is 0 Å². The molecule has 4 heterocycles. The number of nitrogens with one attached hydrogen (secondary N) is 1. The predicted octanol–water partition coefficient (Wildman–Crippen LogP) is 4.32. The summed E-state index contributed by atoms with van der Waals surface area (Å²) >= 11 is 1.11. The standard InChI is InChI=1S/C22H21F3N6OS/c1-2-32-19-18-17(29-21(30-19)31-9-7-27-8-10-31)16-14(22(23,24)25)11-15(28-20(16)33-18)12-3-5-13(26)6-4-12/h3-6,11,27H,2,7-10,26H2,1H3. The molecule has 7 nitrogen and oxygen atoms in total. The molecule has 0 spiro atoms. The number of fused-ring (bicyclic) bond motifs is 3. The zero-order valence-electron chi connectivity index (χ0n) is 17.7.